The van der Waals surface area contributed by atoms with Crippen LogP contribution in [0.15, 0.2) is 10.5 Å². The Morgan fingerprint density at radius 3 is 2.77 bits per heavy atom. The lowest BCUT2D eigenvalue weighted by molar-refractivity contribution is -0.149. The third kappa shape index (κ3) is 2.92. The van der Waals surface area contributed by atoms with Gasteiger partial charge in [0.2, 0.25) is 0 Å². The summed E-state index contributed by atoms with van der Waals surface area (Å²) in [5.74, 6) is -1.50. The molecule has 22 heavy (non-hydrogen) atoms. The standard InChI is InChI=1S/C15H22N2O4S/c1-3-17(7-16)4-5-22-10-6-9-11(8(2)18)14(19)12(9)13(10)15(20)21/h7-9,11-12,16,18H,3-6H2,1-2H3,(H,20,21). The van der Waals surface area contributed by atoms with Crippen LogP contribution in [0.3, 0.4) is 0 Å². The minimum absolute atomic E-state index is 0.0638. The number of rotatable bonds is 8. The molecule has 2 rings (SSSR count). The number of carboxylic acids is 1. The molecule has 0 saturated heterocycles. The van der Waals surface area contributed by atoms with E-state index in [-0.39, 0.29) is 17.3 Å². The molecule has 1 saturated carbocycles. The van der Waals surface area contributed by atoms with Crippen LogP contribution in [0.2, 0.25) is 0 Å². The Labute approximate surface area is 134 Å². The van der Waals surface area contributed by atoms with Gasteiger partial charge >= 0.3 is 5.97 Å². The maximum atomic E-state index is 12.1. The summed E-state index contributed by atoms with van der Waals surface area (Å²) in [6, 6.07) is 0. The molecule has 0 amide bonds. The number of aliphatic hydroxyl groups is 1. The van der Waals surface area contributed by atoms with E-state index in [1.807, 2.05) is 11.8 Å². The predicted octanol–water partition coefficient (Wildman–Crippen LogP) is 1.20. The lowest BCUT2D eigenvalue weighted by atomic mass is 9.61. The molecule has 0 radical (unpaired) electrons. The maximum absolute atomic E-state index is 12.1. The summed E-state index contributed by atoms with van der Waals surface area (Å²) in [4.78, 5) is 26.2. The van der Waals surface area contributed by atoms with Crippen molar-refractivity contribution < 1.29 is 19.8 Å². The van der Waals surface area contributed by atoms with Crippen molar-refractivity contribution in [1.82, 2.24) is 4.90 Å². The molecule has 4 atom stereocenters. The first-order chi connectivity index (χ1) is 10.4. The Balaban J connectivity index is 2.05. The van der Waals surface area contributed by atoms with Crippen LogP contribution in [0.5, 0.6) is 0 Å². The number of hydrogen-bond donors (Lipinski definition) is 3. The summed E-state index contributed by atoms with van der Waals surface area (Å²) < 4.78 is 0. The van der Waals surface area contributed by atoms with E-state index >= 15 is 0 Å². The van der Waals surface area contributed by atoms with Gasteiger partial charge in [0.25, 0.3) is 0 Å². The second kappa shape index (κ2) is 6.83. The molecule has 1 fully saturated rings. The van der Waals surface area contributed by atoms with Crippen molar-refractivity contribution in [3.05, 3.63) is 10.5 Å². The number of carboxylic acid groups (broad SMARTS) is 1. The normalized spacial score (nSPS) is 28.1. The van der Waals surface area contributed by atoms with Crippen LogP contribution >= 0.6 is 11.8 Å². The van der Waals surface area contributed by atoms with E-state index in [0.717, 1.165) is 11.4 Å². The van der Waals surface area contributed by atoms with Crippen LogP contribution < -0.4 is 0 Å². The third-order valence-corrected chi connectivity index (χ3v) is 5.67. The molecule has 2 aliphatic rings. The van der Waals surface area contributed by atoms with Gasteiger partial charge in [-0.05, 0) is 31.1 Å². The number of thioether (sulfide) groups is 1. The lowest BCUT2D eigenvalue weighted by Crippen LogP contribution is -2.51. The van der Waals surface area contributed by atoms with Crippen molar-refractivity contribution in [3.63, 3.8) is 0 Å². The van der Waals surface area contributed by atoms with Gasteiger partial charge in [-0.15, -0.1) is 11.8 Å². The van der Waals surface area contributed by atoms with Gasteiger partial charge in [0.05, 0.1) is 23.9 Å². The molecule has 0 spiro atoms. The van der Waals surface area contributed by atoms with E-state index in [2.05, 4.69) is 0 Å². The predicted molar refractivity (Wildman–Crippen MR) is 84.9 cm³/mol. The monoisotopic (exact) mass is 326 g/mol. The average Bonchev–Trinajstić information content (AvgIpc) is 2.77. The van der Waals surface area contributed by atoms with Gasteiger partial charge in [-0.25, -0.2) is 4.79 Å². The highest BCUT2D eigenvalue weighted by atomic mass is 32.2. The van der Waals surface area contributed by atoms with Crippen LogP contribution in [-0.2, 0) is 9.59 Å². The van der Waals surface area contributed by atoms with Gasteiger partial charge in [0, 0.05) is 24.8 Å². The zero-order chi connectivity index (χ0) is 16.4. The van der Waals surface area contributed by atoms with E-state index in [4.69, 9.17) is 5.41 Å². The van der Waals surface area contributed by atoms with Crippen LogP contribution in [0.25, 0.3) is 0 Å². The molecule has 3 N–H and O–H groups in total. The third-order valence-electron chi connectivity index (χ3n) is 4.55. The summed E-state index contributed by atoms with van der Waals surface area (Å²) in [6.45, 7) is 4.96. The molecule has 0 aromatic heterocycles. The Morgan fingerprint density at radius 2 is 2.27 bits per heavy atom. The van der Waals surface area contributed by atoms with Gasteiger partial charge in [-0.1, -0.05) is 0 Å². The number of aliphatic hydroxyl groups excluding tert-OH is 1. The van der Waals surface area contributed by atoms with Crippen molar-refractivity contribution in [2.24, 2.45) is 17.8 Å². The number of allylic oxidation sites excluding steroid dienone is 1. The molecule has 2 aliphatic carbocycles. The van der Waals surface area contributed by atoms with Gasteiger partial charge in [-0.3, -0.25) is 10.2 Å². The molecule has 0 bridgehead atoms. The summed E-state index contributed by atoms with van der Waals surface area (Å²) in [6.07, 6.45) is 1.12. The number of Topliss-reactive ketones (excluding diaryl/α,β-unsaturated/α-hetero) is 1. The smallest absolute Gasteiger partial charge is 0.333 e. The fourth-order valence-corrected chi connectivity index (χ4v) is 4.65. The summed E-state index contributed by atoms with van der Waals surface area (Å²) >= 11 is 1.46. The number of carbonyl (C=O) groups is 2. The molecule has 0 aromatic carbocycles. The van der Waals surface area contributed by atoms with Gasteiger partial charge in [-0.2, -0.15) is 0 Å². The number of carbonyl (C=O) groups excluding carboxylic acids is 1. The molecular weight excluding hydrogens is 304 g/mol. The molecule has 6 nitrogen and oxygen atoms in total. The zero-order valence-electron chi connectivity index (χ0n) is 12.8. The summed E-state index contributed by atoms with van der Waals surface area (Å²) in [7, 11) is 0. The first-order valence-electron chi connectivity index (χ1n) is 7.47. The topological polar surface area (TPSA) is 102 Å². The summed E-state index contributed by atoms with van der Waals surface area (Å²) in [5, 5.41) is 26.3. The molecule has 4 unspecified atom stereocenters. The van der Waals surface area contributed by atoms with Crippen molar-refractivity contribution in [2.75, 3.05) is 18.8 Å². The Morgan fingerprint density at radius 1 is 1.59 bits per heavy atom. The van der Waals surface area contributed by atoms with Crippen LogP contribution in [0.4, 0.5) is 0 Å². The number of aliphatic carboxylic acids is 1. The van der Waals surface area contributed by atoms with Crippen molar-refractivity contribution in [2.45, 2.75) is 26.4 Å². The van der Waals surface area contributed by atoms with E-state index in [1.54, 1.807) is 6.92 Å². The van der Waals surface area contributed by atoms with Crippen molar-refractivity contribution in [1.29, 1.82) is 5.41 Å². The van der Waals surface area contributed by atoms with Crippen molar-refractivity contribution >= 4 is 29.9 Å². The maximum Gasteiger partial charge on any atom is 0.333 e. The van der Waals surface area contributed by atoms with Gasteiger partial charge < -0.3 is 15.1 Å². The largest absolute Gasteiger partial charge is 0.478 e. The number of fused-ring (bicyclic) bond motifs is 1. The number of nitrogens with one attached hydrogen (secondary N) is 1. The highest BCUT2D eigenvalue weighted by Crippen LogP contribution is 2.54. The van der Waals surface area contributed by atoms with Crippen LogP contribution in [0, 0.1) is 23.2 Å². The lowest BCUT2D eigenvalue weighted by Gasteiger charge is -2.41. The first kappa shape index (κ1) is 17.0. The van der Waals surface area contributed by atoms with Crippen LogP contribution in [0.1, 0.15) is 20.3 Å². The molecule has 122 valence electrons. The SMILES string of the molecule is CCN(C=N)CCSC1=C(C(=O)O)C2C(=O)C(C(C)O)C2C1. The second-order valence-electron chi connectivity index (χ2n) is 5.76. The highest BCUT2D eigenvalue weighted by Gasteiger charge is 2.58. The van der Waals surface area contributed by atoms with E-state index < -0.39 is 23.9 Å². The Kier molecular flexibility index (Phi) is 5.28. The van der Waals surface area contributed by atoms with E-state index in [1.165, 1.54) is 18.1 Å². The molecule has 0 aromatic rings. The van der Waals surface area contributed by atoms with Gasteiger partial charge in [0.1, 0.15) is 5.78 Å². The van der Waals surface area contributed by atoms with E-state index in [9.17, 15) is 19.8 Å². The average molecular weight is 326 g/mol. The second-order valence-corrected chi connectivity index (χ2v) is 6.95. The van der Waals surface area contributed by atoms with Crippen LogP contribution in [-0.4, -0.2) is 58.2 Å². The first-order valence-corrected chi connectivity index (χ1v) is 8.46. The quantitative estimate of drug-likeness (QED) is 0.458. The minimum Gasteiger partial charge on any atom is -0.478 e. The minimum atomic E-state index is -1.02. The Hall–Kier alpha value is -1.34. The number of ketones is 1. The summed E-state index contributed by atoms with van der Waals surface area (Å²) in [5.41, 5.74) is 0.231. The molecule has 0 heterocycles. The van der Waals surface area contributed by atoms with E-state index in [0.29, 0.717) is 18.7 Å². The van der Waals surface area contributed by atoms with Gasteiger partial charge in [0.15, 0.2) is 0 Å². The zero-order valence-corrected chi connectivity index (χ0v) is 13.6. The molecule has 0 aliphatic heterocycles. The van der Waals surface area contributed by atoms with Crippen molar-refractivity contribution in [3.8, 4) is 0 Å². The fourth-order valence-electron chi connectivity index (χ4n) is 3.40. The highest BCUT2D eigenvalue weighted by molar-refractivity contribution is 8.03. The fraction of sp³-hybridized carbons (Fsp3) is 0.667. The molecule has 7 heteroatoms. The molecular formula is C15H22N2O4S. The Bertz CT molecular complexity index is 518. The number of nitrogens with zero attached hydrogens (tertiary/aromatic N) is 1. The number of hydrogen-bond acceptors (Lipinski definition) is 5.